The summed E-state index contributed by atoms with van der Waals surface area (Å²) in [4.78, 5) is 19.2. The van der Waals surface area contributed by atoms with Crippen molar-refractivity contribution in [3.63, 3.8) is 0 Å². The van der Waals surface area contributed by atoms with Gasteiger partial charge in [0.2, 0.25) is 0 Å². The molecule has 3 rings (SSSR count). The number of imidazole rings is 1. The average molecular weight is 278 g/mol. The van der Waals surface area contributed by atoms with Crippen LogP contribution >= 0.6 is 0 Å². The summed E-state index contributed by atoms with van der Waals surface area (Å²) in [5, 5.41) is 5.57. The first-order valence-electron chi connectivity index (χ1n) is 6.54. The number of aromatic amines is 1. The van der Waals surface area contributed by atoms with Gasteiger partial charge in [0.05, 0.1) is 0 Å². The van der Waals surface area contributed by atoms with E-state index in [1.165, 1.54) is 0 Å². The van der Waals surface area contributed by atoms with E-state index in [1.807, 2.05) is 54.6 Å². The van der Waals surface area contributed by atoms with Crippen LogP contribution in [-0.2, 0) is 0 Å². The molecule has 21 heavy (non-hydrogen) atoms. The van der Waals surface area contributed by atoms with Crippen molar-refractivity contribution in [3.8, 4) is 11.4 Å². The number of para-hydroxylation sites is 1. The van der Waals surface area contributed by atoms with Gasteiger partial charge in [-0.05, 0) is 24.3 Å². The van der Waals surface area contributed by atoms with Crippen molar-refractivity contribution in [1.29, 1.82) is 0 Å². The van der Waals surface area contributed by atoms with Gasteiger partial charge in [-0.3, -0.25) is 0 Å². The highest BCUT2D eigenvalue weighted by molar-refractivity contribution is 6.00. The van der Waals surface area contributed by atoms with Crippen LogP contribution in [0, 0.1) is 0 Å². The molecule has 104 valence electrons. The molecule has 0 saturated carbocycles. The number of urea groups is 1. The van der Waals surface area contributed by atoms with Crippen LogP contribution in [0.3, 0.4) is 0 Å². The lowest BCUT2D eigenvalue weighted by atomic mass is 10.2. The van der Waals surface area contributed by atoms with E-state index in [0.29, 0.717) is 5.69 Å². The molecule has 0 fully saturated rings. The van der Waals surface area contributed by atoms with Crippen LogP contribution < -0.4 is 10.6 Å². The standard InChI is InChI=1S/C16H14N4O/c21-16(19-13-6-2-1-3-7-13)20-14-8-4-5-12(11-14)15-17-9-10-18-15/h1-11H,(H,17,18)(H2,19,20,21). The molecule has 5 heteroatoms. The fourth-order valence-corrected chi connectivity index (χ4v) is 1.98. The van der Waals surface area contributed by atoms with E-state index >= 15 is 0 Å². The van der Waals surface area contributed by atoms with Gasteiger partial charge in [0.15, 0.2) is 0 Å². The van der Waals surface area contributed by atoms with Crippen LogP contribution in [0.5, 0.6) is 0 Å². The second-order valence-electron chi connectivity index (χ2n) is 4.46. The molecule has 1 aromatic heterocycles. The van der Waals surface area contributed by atoms with Gasteiger partial charge in [-0.2, -0.15) is 0 Å². The molecule has 2 aromatic carbocycles. The molecule has 0 bridgehead atoms. The number of aromatic nitrogens is 2. The molecule has 0 unspecified atom stereocenters. The van der Waals surface area contributed by atoms with Gasteiger partial charge in [-0.25, -0.2) is 9.78 Å². The van der Waals surface area contributed by atoms with E-state index in [0.717, 1.165) is 17.1 Å². The third kappa shape index (κ3) is 3.27. The number of carbonyl (C=O) groups is 1. The minimum atomic E-state index is -0.280. The lowest BCUT2D eigenvalue weighted by Crippen LogP contribution is -2.19. The number of benzene rings is 2. The lowest BCUT2D eigenvalue weighted by molar-refractivity contribution is 0.262. The number of H-pyrrole nitrogens is 1. The Morgan fingerprint density at radius 3 is 2.48 bits per heavy atom. The van der Waals surface area contributed by atoms with Crippen molar-refractivity contribution >= 4 is 17.4 Å². The highest BCUT2D eigenvalue weighted by atomic mass is 16.2. The summed E-state index contributed by atoms with van der Waals surface area (Å²) in [5.74, 6) is 0.766. The Balaban J connectivity index is 1.70. The van der Waals surface area contributed by atoms with Gasteiger partial charge in [0, 0.05) is 29.3 Å². The fourth-order valence-electron chi connectivity index (χ4n) is 1.98. The highest BCUT2D eigenvalue weighted by Crippen LogP contribution is 2.19. The fraction of sp³-hybridized carbons (Fsp3) is 0. The van der Waals surface area contributed by atoms with Crippen molar-refractivity contribution in [2.45, 2.75) is 0 Å². The van der Waals surface area contributed by atoms with E-state index in [4.69, 9.17) is 0 Å². The zero-order chi connectivity index (χ0) is 14.5. The Morgan fingerprint density at radius 1 is 0.952 bits per heavy atom. The van der Waals surface area contributed by atoms with Gasteiger partial charge < -0.3 is 15.6 Å². The van der Waals surface area contributed by atoms with Gasteiger partial charge in [-0.1, -0.05) is 30.3 Å². The molecule has 0 radical (unpaired) electrons. The summed E-state index contributed by atoms with van der Waals surface area (Å²) < 4.78 is 0. The van der Waals surface area contributed by atoms with Crippen molar-refractivity contribution in [2.75, 3.05) is 10.6 Å². The van der Waals surface area contributed by atoms with Crippen molar-refractivity contribution in [2.24, 2.45) is 0 Å². The molecule has 0 spiro atoms. The number of anilines is 2. The van der Waals surface area contributed by atoms with Crippen LogP contribution in [0.1, 0.15) is 0 Å². The Bertz CT molecular complexity index is 723. The van der Waals surface area contributed by atoms with E-state index in [9.17, 15) is 4.79 Å². The zero-order valence-corrected chi connectivity index (χ0v) is 11.2. The molecular formula is C16H14N4O. The summed E-state index contributed by atoms with van der Waals surface area (Å²) in [6.07, 6.45) is 3.45. The SMILES string of the molecule is O=C(Nc1ccccc1)Nc1cccc(-c2ncc[nH]2)c1. The second kappa shape index (κ2) is 5.92. The third-order valence-electron chi connectivity index (χ3n) is 2.92. The molecule has 2 amide bonds. The number of nitrogens with one attached hydrogen (secondary N) is 3. The largest absolute Gasteiger partial charge is 0.345 e. The van der Waals surface area contributed by atoms with Gasteiger partial charge in [-0.15, -0.1) is 0 Å². The Labute approximate surface area is 122 Å². The molecule has 0 aliphatic carbocycles. The monoisotopic (exact) mass is 278 g/mol. The van der Waals surface area contributed by atoms with Crippen molar-refractivity contribution in [3.05, 3.63) is 67.0 Å². The smallest absolute Gasteiger partial charge is 0.323 e. The van der Waals surface area contributed by atoms with Crippen LogP contribution in [0.25, 0.3) is 11.4 Å². The predicted octanol–water partition coefficient (Wildman–Crippen LogP) is 3.72. The topological polar surface area (TPSA) is 69.8 Å². The third-order valence-corrected chi connectivity index (χ3v) is 2.92. The Morgan fingerprint density at radius 2 is 1.71 bits per heavy atom. The molecule has 0 saturated heterocycles. The van der Waals surface area contributed by atoms with Crippen molar-refractivity contribution < 1.29 is 4.79 Å². The van der Waals surface area contributed by atoms with E-state index in [1.54, 1.807) is 12.4 Å². The number of nitrogens with zero attached hydrogens (tertiary/aromatic N) is 1. The number of rotatable bonds is 3. The number of hydrogen-bond acceptors (Lipinski definition) is 2. The van der Waals surface area contributed by atoms with Gasteiger partial charge in [0.25, 0.3) is 0 Å². The van der Waals surface area contributed by atoms with E-state index < -0.39 is 0 Å². The summed E-state index contributed by atoms with van der Waals surface area (Å²) in [6, 6.07) is 16.5. The number of carbonyl (C=O) groups excluding carboxylic acids is 1. The Hall–Kier alpha value is -3.08. The maximum absolute atomic E-state index is 11.9. The predicted molar refractivity (Wildman–Crippen MR) is 83.1 cm³/mol. The van der Waals surface area contributed by atoms with Gasteiger partial charge >= 0.3 is 6.03 Å². The number of amides is 2. The van der Waals surface area contributed by atoms with E-state index in [-0.39, 0.29) is 6.03 Å². The first-order chi connectivity index (χ1) is 10.3. The quantitative estimate of drug-likeness (QED) is 0.683. The summed E-state index contributed by atoms with van der Waals surface area (Å²) >= 11 is 0. The van der Waals surface area contributed by atoms with Crippen LogP contribution in [0.2, 0.25) is 0 Å². The number of hydrogen-bond donors (Lipinski definition) is 3. The van der Waals surface area contributed by atoms with Crippen molar-refractivity contribution in [1.82, 2.24) is 9.97 Å². The molecule has 3 N–H and O–H groups in total. The molecule has 0 aliphatic rings. The second-order valence-corrected chi connectivity index (χ2v) is 4.46. The van der Waals surface area contributed by atoms with Crippen LogP contribution in [0.15, 0.2) is 67.0 Å². The summed E-state index contributed by atoms with van der Waals surface area (Å²) in [7, 11) is 0. The normalized spacial score (nSPS) is 10.1. The molecule has 5 nitrogen and oxygen atoms in total. The molecule has 3 aromatic rings. The van der Waals surface area contributed by atoms with Gasteiger partial charge in [0.1, 0.15) is 5.82 Å². The summed E-state index contributed by atoms with van der Waals surface area (Å²) in [5.41, 5.74) is 2.37. The minimum absolute atomic E-state index is 0.280. The Kier molecular flexibility index (Phi) is 3.64. The molecular weight excluding hydrogens is 264 g/mol. The van der Waals surface area contributed by atoms with Crippen LogP contribution in [0.4, 0.5) is 16.2 Å². The highest BCUT2D eigenvalue weighted by Gasteiger charge is 2.05. The maximum atomic E-state index is 11.9. The first-order valence-corrected chi connectivity index (χ1v) is 6.54. The molecule has 0 atom stereocenters. The first kappa shape index (κ1) is 12.9. The molecule has 1 heterocycles. The zero-order valence-electron chi connectivity index (χ0n) is 11.2. The van der Waals surface area contributed by atoms with Crippen LogP contribution in [-0.4, -0.2) is 16.0 Å². The molecule has 0 aliphatic heterocycles. The maximum Gasteiger partial charge on any atom is 0.323 e. The lowest BCUT2D eigenvalue weighted by Gasteiger charge is -2.08. The van der Waals surface area contributed by atoms with E-state index in [2.05, 4.69) is 20.6 Å². The minimum Gasteiger partial charge on any atom is -0.345 e. The summed E-state index contributed by atoms with van der Waals surface area (Å²) in [6.45, 7) is 0. The average Bonchev–Trinajstić information content (AvgIpc) is 3.02.